The topological polar surface area (TPSA) is 15.7 Å². The normalized spacial score (nSPS) is 21.9. The van der Waals surface area contributed by atoms with Crippen molar-refractivity contribution in [2.24, 2.45) is 0 Å². The van der Waals surface area contributed by atoms with Crippen molar-refractivity contribution in [2.45, 2.75) is 44.7 Å². The summed E-state index contributed by atoms with van der Waals surface area (Å²) >= 11 is 3.58. The molecule has 0 N–H and O–H groups in total. The van der Waals surface area contributed by atoms with Crippen molar-refractivity contribution in [3.63, 3.8) is 0 Å². The molecule has 0 bridgehead atoms. The smallest absolute Gasteiger partial charge is 0.133 e. The molecule has 1 saturated carbocycles. The third-order valence-electron chi connectivity index (χ3n) is 5.12. The minimum atomic E-state index is 0.867. The molecule has 3 nitrogen and oxygen atoms in total. The first-order valence-electron chi connectivity index (χ1n) is 8.55. The summed E-state index contributed by atoms with van der Waals surface area (Å²) in [5, 5.41) is 0. The zero-order valence-corrected chi connectivity index (χ0v) is 15.1. The van der Waals surface area contributed by atoms with Gasteiger partial charge in [-0.15, -0.1) is 0 Å². The number of rotatable bonds is 4. The van der Waals surface area contributed by atoms with Gasteiger partial charge in [0.25, 0.3) is 0 Å². The maximum absolute atomic E-state index is 5.30. The Bertz CT molecular complexity index is 480. The van der Waals surface area contributed by atoms with Gasteiger partial charge in [-0.25, -0.2) is 0 Å². The van der Waals surface area contributed by atoms with Gasteiger partial charge in [-0.05, 0) is 46.5 Å². The Morgan fingerprint density at radius 2 is 1.82 bits per heavy atom. The van der Waals surface area contributed by atoms with Crippen LogP contribution >= 0.6 is 15.9 Å². The molecule has 1 aliphatic carbocycles. The van der Waals surface area contributed by atoms with Gasteiger partial charge in [0.1, 0.15) is 5.75 Å². The second-order valence-corrected chi connectivity index (χ2v) is 7.43. The summed E-state index contributed by atoms with van der Waals surface area (Å²) in [6, 6.07) is 7.28. The Morgan fingerprint density at radius 3 is 2.45 bits per heavy atom. The first kappa shape index (κ1) is 16.3. The van der Waals surface area contributed by atoms with Gasteiger partial charge in [0, 0.05) is 38.8 Å². The van der Waals surface area contributed by atoms with E-state index in [0.29, 0.717) is 0 Å². The van der Waals surface area contributed by atoms with E-state index < -0.39 is 0 Å². The Hall–Kier alpha value is -0.580. The predicted molar refractivity (Wildman–Crippen MR) is 94.4 cm³/mol. The van der Waals surface area contributed by atoms with Crippen LogP contribution in [0.25, 0.3) is 0 Å². The van der Waals surface area contributed by atoms with Crippen LogP contribution in [0.5, 0.6) is 5.75 Å². The molecule has 0 aromatic heterocycles. The number of ether oxygens (including phenoxy) is 1. The highest BCUT2D eigenvalue weighted by Gasteiger charge is 2.25. The summed E-state index contributed by atoms with van der Waals surface area (Å²) in [6.45, 7) is 5.91. The zero-order valence-electron chi connectivity index (χ0n) is 13.6. The third-order valence-corrected chi connectivity index (χ3v) is 5.74. The lowest BCUT2D eigenvalue weighted by molar-refractivity contribution is 0.0755. The molecule has 0 amide bonds. The van der Waals surface area contributed by atoms with Crippen molar-refractivity contribution in [3.05, 3.63) is 28.2 Å². The maximum atomic E-state index is 5.30. The van der Waals surface area contributed by atoms with Crippen LogP contribution in [-0.2, 0) is 6.54 Å². The van der Waals surface area contributed by atoms with Gasteiger partial charge in [0.15, 0.2) is 0 Å². The average molecular weight is 367 g/mol. The van der Waals surface area contributed by atoms with Crippen LogP contribution in [0, 0.1) is 0 Å². The molecule has 2 fully saturated rings. The Morgan fingerprint density at radius 1 is 1.09 bits per heavy atom. The lowest BCUT2D eigenvalue weighted by Gasteiger charge is -2.40. The van der Waals surface area contributed by atoms with Crippen LogP contribution in [0.2, 0.25) is 0 Å². The van der Waals surface area contributed by atoms with Gasteiger partial charge < -0.3 is 4.74 Å². The molecule has 0 spiro atoms. The molecular weight excluding hydrogens is 340 g/mol. The minimum absolute atomic E-state index is 0.867. The first-order valence-corrected chi connectivity index (χ1v) is 9.34. The molecule has 22 heavy (non-hydrogen) atoms. The lowest BCUT2D eigenvalue weighted by atomic mass is 9.94. The maximum Gasteiger partial charge on any atom is 0.133 e. The number of hydrogen-bond donors (Lipinski definition) is 0. The summed E-state index contributed by atoms with van der Waals surface area (Å²) in [5.74, 6) is 0.908. The minimum Gasteiger partial charge on any atom is -0.496 e. The Kier molecular flexibility index (Phi) is 5.77. The predicted octanol–water partition coefficient (Wildman–Crippen LogP) is 3.91. The molecule has 122 valence electrons. The van der Waals surface area contributed by atoms with Crippen molar-refractivity contribution in [1.29, 1.82) is 0 Å². The van der Waals surface area contributed by atoms with Crippen molar-refractivity contribution in [2.75, 3.05) is 33.3 Å². The molecule has 3 rings (SSSR count). The van der Waals surface area contributed by atoms with Gasteiger partial charge in [-0.2, -0.15) is 0 Å². The van der Waals surface area contributed by atoms with Crippen LogP contribution in [0.1, 0.15) is 37.7 Å². The molecular formula is C18H27BrN2O. The fourth-order valence-corrected chi connectivity index (χ4v) is 4.39. The van der Waals surface area contributed by atoms with Gasteiger partial charge >= 0.3 is 0 Å². The van der Waals surface area contributed by atoms with Crippen LogP contribution in [0.4, 0.5) is 0 Å². The summed E-state index contributed by atoms with van der Waals surface area (Å²) < 4.78 is 6.35. The number of halogens is 1. The van der Waals surface area contributed by atoms with Crippen molar-refractivity contribution < 1.29 is 4.74 Å². The number of nitrogens with zero attached hydrogens (tertiary/aromatic N) is 2. The number of hydrogen-bond acceptors (Lipinski definition) is 3. The number of methoxy groups -OCH3 is 1. The van der Waals surface area contributed by atoms with Gasteiger partial charge in [-0.3, -0.25) is 9.80 Å². The highest BCUT2D eigenvalue weighted by molar-refractivity contribution is 9.10. The largest absolute Gasteiger partial charge is 0.496 e. The van der Waals surface area contributed by atoms with E-state index in [-0.39, 0.29) is 0 Å². The molecule has 0 unspecified atom stereocenters. The monoisotopic (exact) mass is 366 g/mol. The van der Waals surface area contributed by atoms with E-state index in [4.69, 9.17) is 4.74 Å². The molecule has 1 aliphatic heterocycles. The number of piperazine rings is 1. The average Bonchev–Trinajstić information content (AvgIpc) is 2.57. The molecule has 1 aromatic carbocycles. The Balaban J connectivity index is 1.50. The van der Waals surface area contributed by atoms with Gasteiger partial charge in [0.05, 0.1) is 11.6 Å². The van der Waals surface area contributed by atoms with Gasteiger partial charge in [-0.1, -0.05) is 25.3 Å². The van der Waals surface area contributed by atoms with E-state index in [9.17, 15) is 0 Å². The van der Waals surface area contributed by atoms with Crippen molar-refractivity contribution in [1.82, 2.24) is 9.80 Å². The zero-order chi connectivity index (χ0) is 15.4. The van der Waals surface area contributed by atoms with E-state index in [2.05, 4.69) is 43.9 Å². The molecule has 1 aromatic rings. The second-order valence-electron chi connectivity index (χ2n) is 6.57. The van der Waals surface area contributed by atoms with E-state index in [0.717, 1.165) is 22.8 Å². The second kappa shape index (κ2) is 7.80. The van der Waals surface area contributed by atoms with Crippen molar-refractivity contribution in [3.8, 4) is 5.75 Å². The molecule has 2 aliphatic rings. The molecule has 0 atom stereocenters. The van der Waals surface area contributed by atoms with E-state index >= 15 is 0 Å². The van der Waals surface area contributed by atoms with Crippen LogP contribution in [-0.4, -0.2) is 49.1 Å². The standard InChI is InChI=1S/C18H27BrN2O/c1-22-18-8-7-15(13-17(18)19)14-20-9-11-21(12-10-20)16-5-3-2-4-6-16/h7-8,13,16H,2-6,9-12,14H2,1H3. The summed E-state index contributed by atoms with van der Waals surface area (Å²) in [4.78, 5) is 5.31. The summed E-state index contributed by atoms with van der Waals surface area (Å²) in [5.41, 5.74) is 1.36. The summed E-state index contributed by atoms with van der Waals surface area (Å²) in [7, 11) is 1.71. The highest BCUT2D eigenvalue weighted by Crippen LogP contribution is 2.27. The van der Waals surface area contributed by atoms with E-state index in [1.54, 1.807) is 7.11 Å². The number of benzene rings is 1. The fourth-order valence-electron chi connectivity index (χ4n) is 3.80. The van der Waals surface area contributed by atoms with Crippen molar-refractivity contribution >= 4 is 15.9 Å². The fraction of sp³-hybridized carbons (Fsp3) is 0.667. The molecule has 0 radical (unpaired) electrons. The lowest BCUT2D eigenvalue weighted by Crippen LogP contribution is -2.50. The highest BCUT2D eigenvalue weighted by atomic mass is 79.9. The molecule has 1 heterocycles. The Labute approximate surface area is 142 Å². The van der Waals surface area contributed by atoms with Gasteiger partial charge in [0.2, 0.25) is 0 Å². The summed E-state index contributed by atoms with van der Waals surface area (Å²) in [6.07, 6.45) is 7.16. The third kappa shape index (κ3) is 4.03. The quantitative estimate of drug-likeness (QED) is 0.803. The van der Waals surface area contributed by atoms with E-state index in [1.807, 2.05) is 0 Å². The first-order chi connectivity index (χ1) is 10.8. The van der Waals surface area contributed by atoms with Crippen LogP contribution < -0.4 is 4.74 Å². The molecule has 4 heteroatoms. The van der Waals surface area contributed by atoms with Crippen LogP contribution in [0.3, 0.4) is 0 Å². The SMILES string of the molecule is COc1ccc(CN2CCN(C3CCCCC3)CC2)cc1Br. The van der Waals surface area contributed by atoms with E-state index in [1.165, 1.54) is 63.8 Å². The van der Waals surface area contributed by atoms with Crippen LogP contribution in [0.15, 0.2) is 22.7 Å². The molecule has 1 saturated heterocycles.